The van der Waals surface area contributed by atoms with Crippen LogP contribution in [-0.4, -0.2) is 40.9 Å². The van der Waals surface area contributed by atoms with Crippen molar-refractivity contribution in [3.63, 3.8) is 0 Å². The van der Waals surface area contributed by atoms with Gasteiger partial charge in [-0.25, -0.2) is 0 Å². The molecule has 0 saturated carbocycles. The van der Waals surface area contributed by atoms with E-state index >= 15 is 0 Å². The number of benzene rings is 1. The molecule has 0 unspecified atom stereocenters. The second kappa shape index (κ2) is 7.84. The highest BCUT2D eigenvalue weighted by molar-refractivity contribution is 5.51. The van der Waals surface area contributed by atoms with Gasteiger partial charge < -0.3 is 19.1 Å². The van der Waals surface area contributed by atoms with Gasteiger partial charge in [0.05, 0.1) is 26.9 Å². The Kier molecular flexibility index (Phi) is 5.55. The van der Waals surface area contributed by atoms with Crippen LogP contribution in [0.15, 0.2) is 16.7 Å². The maximum absolute atomic E-state index is 10.6. The lowest BCUT2D eigenvalue weighted by Gasteiger charge is -2.33. The summed E-state index contributed by atoms with van der Waals surface area (Å²) in [6.07, 6.45) is 2.32. The molecule has 1 aliphatic heterocycles. The van der Waals surface area contributed by atoms with E-state index in [1.165, 1.54) is 0 Å². The van der Waals surface area contributed by atoms with Crippen LogP contribution < -0.4 is 9.47 Å². The van der Waals surface area contributed by atoms with Gasteiger partial charge in [0.2, 0.25) is 5.89 Å². The van der Waals surface area contributed by atoms with Gasteiger partial charge in [0, 0.05) is 30.6 Å². The SMILES string of the molecule is CCCCc1noc(CN2Cc3c(OC)ccc(OC)c3[C@H](O)C2)n1. The quantitative estimate of drug-likeness (QED) is 0.824. The fourth-order valence-electron chi connectivity index (χ4n) is 3.25. The van der Waals surface area contributed by atoms with Gasteiger partial charge in [0.1, 0.15) is 11.5 Å². The number of fused-ring (bicyclic) bond motifs is 1. The molecule has 25 heavy (non-hydrogen) atoms. The molecule has 1 atom stereocenters. The van der Waals surface area contributed by atoms with Gasteiger partial charge in [-0.1, -0.05) is 18.5 Å². The third-order valence-electron chi connectivity index (χ3n) is 4.48. The lowest BCUT2D eigenvalue weighted by Crippen LogP contribution is -2.33. The lowest BCUT2D eigenvalue weighted by molar-refractivity contribution is 0.0779. The first kappa shape index (κ1) is 17.7. The van der Waals surface area contributed by atoms with E-state index in [1.54, 1.807) is 14.2 Å². The molecule has 1 aliphatic rings. The van der Waals surface area contributed by atoms with E-state index in [9.17, 15) is 5.11 Å². The molecule has 0 saturated heterocycles. The third kappa shape index (κ3) is 3.77. The van der Waals surface area contributed by atoms with Gasteiger partial charge in [-0.15, -0.1) is 0 Å². The van der Waals surface area contributed by atoms with E-state index in [0.717, 1.165) is 42.0 Å². The number of rotatable bonds is 7. The molecule has 1 aromatic carbocycles. The monoisotopic (exact) mass is 347 g/mol. The standard InChI is InChI=1S/C18H25N3O4/c1-4-5-6-16-19-17(25-20-16)11-21-9-12-14(23-2)7-8-15(24-3)18(12)13(22)10-21/h7-8,13,22H,4-6,9-11H2,1-3H3/t13-/m1/s1. The summed E-state index contributed by atoms with van der Waals surface area (Å²) in [5.74, 6) is 2.74. The van der Waals surface area contributed by atoms with Gasteiger partial charge in [-0.05, 0) is 18.6 Å². The highest BCUT2D eigenvalue weighted by Gasteiger charge is 2.30. The largest absolute Gasteiger partial charge is 0.496 e. The van der Waals surface area contributed by atoms with Crippen molar-refractivity contribution in [3.05, 3.63) is 35.0 Å². The van der Waals surface area contributed by atoms with Crippen molar-refractivity contribution in [1.29, 1.82) is 0 Å². The zero-order valence-electron chi connectivity index (χ0n) is 15.0. The van der Waals surface area contributed by atoms with Crippen LogP contribution in [0.2, 0.25) is 0 Å². The number of aryl methyl sites for hydroxylation is 1. The molecule has 0 fully saturated rings. The summed E-state index contributed by atoms with van der Waals surface area (Å²) in [4.78, 5) is 6.52. The van der Waals surface area contributed by atoms with Crippen molar-refractivity contribution in [3.8, 4) is 11.5 Å². The Morgan fingerprint density at radius 3 is 2.76 bits per heavy atom. The second-order valence-corrected chi connectivity index (χ2v) is 6.26. The van der Waals surface area contributed by atoms with Crippen LogP contribution in [0.4, 0.5) is 0 Å². The Balaban J connectivity index is 1.78. The maximum atomic E-state index is 10.6. The van der Waals surface area contributed by atoms with Crippen molar-refractivity contribution in [2.24, 2.45) is 0 Å². The Bertz CT molecular complexity index is 716. The van der Waals surface area contributed by atoms with E-state index in [1.807, 2.05) is 12.1 Å². The fraction of sp³-hybridized carbons (Fsp3) is 0.556. The lowest BCUT2D eigenvalue weighted by atomic mass is 9.95. The van der Waals surface area contributed by atoms with Gasteiger partial charge in [-0.3, -0.25) is 4.90 Å². The zero-order chi connectivity index (χ0) is 17.8. The molecule has 0 spiro atoms. The molecule has 2 heterocycles. The number of aliphatic hydroxyl groups is 1. The van der Waals surface area contributed by atoms with Crippen LogP contribution in [0.1, 0.15) is 48.7 Å². The molecule has 0 amide bonds. The van der Waals surface area contributed by atoms with Crippen LogP contribution in [0.5, 0.6) is 11.5 Å². The molecule has 0 aliphatic carbocycles. The fourth-order valence-corrected chi connectivity index (χ4v) is 3.25. The first-order valence-electron chi connectivity index (χ1n) is 8.61. The van der Waals surface area contributed by atoms with Crippen LogP contribution >= 0.6 is 0 Å². The minimum atomic E-state index is -0.656. The van der Waals surface area contributed by atoms with Crippen LogP contribution in [0, 0.1) is 0 Å². The molecule has 0 bridgehead atoms. The Morgan fingerprint density at radius 1 is 1.28 bits per heavy atom. The maximum Gasteiger partial charge on any atom is 0.240 e. The molecule has 2 aromatic rings. The van der Waals surface area contributed by atoms with E-state index < -0.39 is 6.10 Å². The molecule has 136 valence electrons. The van der Waals surface area contributed by atoms with Gasteiger partial charge in [0.15, 0.2) is 5.82 Å². The predicted molar refractivity (Wildman–Crippen MR) is 91.5 cm³/mol. The number of hydrogen-bond donors (Lipinski definition) is 1. The molecular formula is C18H25N3O4. The smallest absolute Gasteiger partial charge is 0.240 e. The summed E-state index contributed by atoms with van der Waals surface area (Å²) >= 11 is 0. The van der Waals surface area contributed by atoms with E-state index in [2.05, 4.69) is 22.0 Å². The summed E-state index contributed by atoms with van der Waals surface area (Å²) in [5.41, 5.74) is 1.73. The summed E-state index contributed by atoms with van der Waals surface area (Å²) < 4.78 is 16.2. The molecule has 1 aromatic heterocycles. The van der Waals surface area contributed by atoms with Crippen molar-refractivity contribution in [2.75, 3.05) is 20.8 Å². The first-order chi connectivity index (χ1) is 12.2. The topological polar surface area (TPSA) is 80.9 Å². The number of unbranched alkanes of at least 4 members (excludes halogenated alkanes) is 1. The number of aromatic nitrogens is 2. The number of hydrogen-bond acceptors (Lipinski definition) is 7. The number of β-amino-alcohol motifs (C(OH)–C–C–N with tert-alkyl or cyclic N) is 1. The Hall–Kier alpha value is -2.12. The van der Waals surface area contributed by atoms with Crippen molar-refractivity contribution >= 4 is 0 Å². The van der Waals surface area contributed by atoms with E-state index in [-0.39, 0.29) is 0 Å². The average Bonchev–Trinajstić information content (AvgIpc) is 3.06. The average molecular weight is 347 g/mol. The second-order valence-electron chi connectivity index (χ2n) is 6.26. The zero-order valence-corrected chi connectivity index (χ0v) is 15.0. The van der Waals surface area contributed by atoms with Crippen molar-refractivity contribution in [1.82, 2.24) is 15.0 Å². The molecular weight excluding hydrogens is 322 g/mol. The Labute approximate surface area is 147 Å². The number of nitrogens with zero attached hydrogens (tertiary/aromatic N) is 3. The molecule has 7 heteroatoms. The number of ether oxygens (including phenoxy) is 2. The molecule has 3 rings (SSSR count). The van der Waals surface area contributed by atoms with Gasteiger partial charge in [-0.2, -0.15) is 4.98 Å². The van der Waals surface area contributed by atoms with Crippen molar-refractivity contribution < 1.29 is 19.1 Å². The number of methoxy groups -OCH3 is 2. The van der Waals surface area contributed by atoms with Crippen LogP contribution in [0.25, 0.3) is 0 Å². The minimum absolute atomic E-state index is 0.475. The molecule has 7 nitrogen and oxygen atoms in total. The van der Waals surface area contributed by atoms with Crippen molar-refractivity contribution in [2.45, 2.75) is 45.4 Å². The van der Waals surface area contributed by atoms with Gasteiger partial charge >= 0.3 is 0 Å². The van der Waals surface area contributed by atoms with Crippen LogP contribution in [0.3, 0.4) is 0 Å². The highest BCUT2D eigenvalue weighted by atomic mass is 16.5. The summed E-state index contributed by atoms with van der Waals surface area (Å²) in [6, 6.07) is 3.69. The summed E-state index contributed by atoms with van der Waals surface area (Å²) in [7, 11) is 3.24. The summed E-state index contributed by atoms with van der Waals surface area (Å²) in [6.45, 7) is 3.73. The predicted octanol–water partition coefficient (Wildman–Crippen LogP) is 2.48. The minimum Gasteiger partial charge on any atom is -0.496 e. The Morgan fingerprint density at radius 2 is 2.04 bits per heavy atom. The van der Waals surface area contributed by atoms with Crippen LogP contribution in [-0.2, 0) is 19.5 Å². The van der Waals surface area contributed by atoms with E-state index in [4.69, 9.17) is 14.0 Å². The molecule has 1 N–H and O–H groups in total. The summed E-state index contributed by atoms with van der Waals surface area (Å²) in [5, 5.41) is 14.6. The third-order valence-corrected chi connectivity index (χ3v) is 4.48. The molecule has 0 radical (unpaired) electrons. The van der Waals surface area contributed by atoms with Gasteiger partial charge in [0.25, 0.3) is 0 Å². The van der Waals surface area contributed by atoms with E-state index in [0.29, 0.717) is 31.3 Å². The number of aliphatic hydroxyl groups excluding tert-OH is 1. The highest BCUT2D eigenvalue weighted by Crippen LogP contribution is 2.39. The first-order valence-corrected chi connectivity index (χ1v) is 8.61. The normalized spacial score (nSPS) is 17.4.